The molecule has 0 aliphatic heterocycles. The lowest BCUT2D eigenvalue weighted by atomic mass is 10.2. The van der Waals surface area contributed by atoms with Crippen molar-refractivity contribution in [3.8, 4) is 11.5 Å². The predicted octanol–water partition coefficient (Wildman–Crippen LogP) is 6.16. The van der Waals surface area contributed by atoms with Crippen molar-refractivity contribution < 1.29 is 14.3 Å². The van der Waals surface area contributed by atoms with E-state index in [1.165, 1.54) is 0 Å². The summed E-state index contributed by atoms with van der Waals surface area (Å²) >= 11 is 0. The van der Waals surface area contributed by atoms with Crippen molar-refractivity contribution in [1.29, 1.82) is 0 Å². The van der Waals surface area contributed by atoms with Gasteiger partial charge in [-0.05, 0) is 61.0 Å². The van der Waals surface area contributed by atoms with E-state index < -0.39 is 0 Å². The summed E-state index contributed by atoms with van der Waals surface area (Å²) in [4.78, 5) is 12.2. The molecule has 3 rings (SSSR count). The second-order valence-corrected chi connectivity index (χ2v) is 6.33. The number of methoxy groups -OCH3 is 1. The fourth-order valence-electron chi connectivity index (χ4n) is 2.66. The molecule has 152 valence electrons. The minimum absolute atomic E-state index is 0.130. The Hall–Kier alpha value is -3.93. The van der Waals surface area contributed by atoms with Gasteiger partial charge in [0.25, 0.3) is 5.91 Å². The number of hydrogen-bond acceptors (Lipinski definition) is 5. The van der Waals surface area contributed by atoms with E-state index >= 15 is 0 Å². The monoisotopic (exact) mass is 401 g/mol. The molecule has 0 spiro atoms. The molecule has 0 heterocycles. The molecule has 30 heavy (non-hydrogen) atoms. The van der Waals surface area contributed by atoms with Gasteiger partial charge in [0.15, 0.2) is 18.1 Å². The average Bonchev–Trinajstić information content (AvgIpc) is 2.78. The highest BCUT2D eigenvalue weighted by Gasteiger charge is 2.08. The number of amides is 1. The molecule has 0 aromatic heterocycles. The Balaban J connectivity index is 1.54. The highest BCUT2D eigenvalue weighted by atomic mass is 16.5. The van der Waals surface area contributed by atoms with Crippen molar-refractivity contribution >= 4 is 29.0 Å². The lowest BCUT2D eigenvalue weighted by molar-refractivity contribution is -0.118. The lowest BCUT2D eigenvalue weighted by Gasteiger charge is -2.11. The summed E-state index contributed by atoms with van der Waals surface area (Å²) in [5.41, 5.74) is 3.12. The van der Waals surface area contributed by atoms with Crippen LogP contribution in [0.5, 0.6) is 11.5 Å². The number of carbonyl (C=O) groups excluding carboxylic acids is 1. The predicted molar refractivity (Wildman–Crippen MR) is 119 cm³/mol. The van der Waals surface area contributed by atoms with Gasteiger partial charge in [0, 0.05) is 5.69 Å². The molecule has 1 N–H and O–H groups in total. The molecule has 3 aromatic carbocycles. The molecule has 0 aliphatic carbocycles. The molecular formula is C24H23N3O3. The van der Waals surface area contributed by atoms with E-state index in [4.69, 9.17) is 9.47 Å². The first-order chi connectivity index (χ1) is 14.7. The van der Waals surface area contributed by atoms with Crippen LogP contribution >= 0.6 is 0 Å². The molecule has 3 aromatic rings. The number of benzene rings is 3. The number of ether oxygens (including phenoxy) is 2. The largest absolute Gasteiger partial charge is 0.493 e. The molecule has 1 amide bonds. The Bertz CT molecular complexity index is 1030. The van der Waals surface area contributed by atoms with Crippen molar-refractivity contribution in [2.45, 2.75) is 6.92 Å². The van der Waals surface area contributed by atoms with Crippen LogP contribution in [0.25, 0.3) is 6.08 Å². The number of anilines is 1. The number of nitrogens with zero attached hydrogens (tertiary/aromatic N) is 2. The van der Waals surface area contributed by atoms with Gasteiger partial charge < -0.3 is 14.8 Å². The molecular weight excluding hydrogens is 378 g/mol. The summed E-state index contributed by atoms with van der Waals surface area (Å²) < 4.78 is 11.0. The van der Waals surface area contributed by atoms with E-state index in [1.807, 2.05) is 61.5 Å². The molecule has 0 saturated heterocycles. The van der Waals surface area contributed by atoms with Gasteiger partial charge in [-0.25, -0.2) is 0 Å². The van der Waals surface area contributed by atoms with Crippen LogP contribution in [0.4, 0.5) is 17.1 Å². The average molecular weight is 401 g/mol. The standard InChI is InChI=1S/C24H23N3O3/c1-3-7-18-10-15-22(23(16-18)29-2)30-17-24(28)25-19-11-13-21(14-12-19)27-26-20-8-5-4-6-9-20/h3-16H,17H2,1-2H3,(H,25,28)/b7-3+,27-26?. The van der Waals surface area contributed by atoms with Crippen LogP contribution in [0.2, 0.25) is 0 Å². The van der Waals surface area contributed by atoms with Crippen molar-refractivity contribution in [3.63, 3.8) is 0 Å². The summed E-state index contributed by atoms with van der Waals surface area (Å²) in [6.07, 6.45) is 3.90. The normalized spacial score (nSPS) is 11.0. The Labute approximate surface area is 175 Å². The van der Waals surface area contributed by atoms with E-state index in [-0.39, 0.29) is 12.5 Å². The number of carbonyl (C=O) groups is 1. The fraction of sp³-hybridized carbons (Fsp3) is 0.125. The van der Waals surface area contributed by atoms with Gasteiger partial charge in [0.05, 0.1) is 18.5 Å². The van der Waals surface area contributed by atoms with Gasteiger partial charge in [-0.2, -0.15) is 10.2 Å². The summed E-state index contributed by atoms with van der Waals surface area (Å²) in [6.45, 7) is 1.81. The van der Waals surface area contributed by atoms with E-state index in [0.29, 0.717) is 22.9 Å². The zero-order valence-corrected chi connectivity index (χ0v) is 16.9. The summed E-state index contributed by atoms with van der Waals surface area (Å²) in [5.74, 6) is 0.817. The molecule has 0 saturated carbocycles. The molecule has 0 aliphatic rings. The summed E-state index contributed by atoms with van der Waals surface area (Å²) in [5, 5.41) is 11.1. The van der Waals surface area contributed by atoms with Crippen LogP contribution in [0.3, 0.4) is 0 Å². The first-order valence-electron chi connectivity index (χ1n) is 9.48. The number of nitrogens with one attached hydrogen (secondary N) is 1. The summed E-state index contributed by atoms with van der Waals surface area (Å²) in [6, 6.07) is 22.1. The zero-order chi connectivity index (χ0) is 21.2. The van der Waals surface area contributed by atoms with Crippen LogP contribution in [-0.4, -0.2) is 19.6 Å². The SMILES string of the molecule is C/C=C/c1ccc(OCC(=O)Nc2ccc(N=Nc3ccccc3)cc2)c(OC)c1. The number of allylic oxidation sites excluding steroid dienone is 1. The van der Waals surface area contributed by atoms with E-state index in [0.717, 1.165) is 11.3 Å². The number of azo groups is 1. The Morgan fingerprint density at radius 3 is 2.30 bits per heavy atom. The smallest absolute Gasteiger partial charge is 0.262 e. The maximum Gasteiger partial charge on any atom is 0.262 e. The lowest BCUT2D eigenvalue weighted by Crippen LogP contribution is -2.20. The van der Waals surface area contributed by atoms with Gasteiger partial charge >= 0.3 is 0 Å². The van der Waals surface area contributed by atoms with Crippen LogP contribution in [-0.2, 0) is 4.79 Å². The molecule has 6 nitrogen and oxygen atoms in total. The first-order valence-corrected chi connectivity index (χ1v) is 9.48. The maximum atomic E-state index is 12.2. The molecule has 0 unspecified atom stereocenters. The van der Waals surface area contributed by atoms with Crippen molar-refractivity contribution in [1.82, 2.24) is 0 Å². The minimum atomic E-state index is -0.270. The Kier molecular flexibility index (Phi) is 7.33. The molecule has 0 radical (unpaired) electrons. The van der Waals surface area contributed by atoms with Gasteiger partial charge in [-0.1, -0.05) is 36.4 Å². The fourth-order valence-corrected chi connectivity index (χ4v) is 2.66. The second-order valence-electron chi connectivity index (χ2n) is 6.33. The number of rotatable bonds is 8. The van der Waals surface area contributed by atoms with Crippen LogP contribution in [0.15, 0.2) is 89.1 Å². The highest BCUT2D eigenvalue weighted by Crippen LogP contribution is 2.28. The van der Waals surface area contributed by atoms with Gasteiger partial charge in [-0.3, -0.25) is 4.79 Å². The van der Waals surface area contributed by atoms with E-state index in [9.17, 15) is 4.79 Å². The number of hydrogen-bond donors (Lipinski definition) is 1. The van der Waals surface area contributed by atoms with Gasteiger partial charge in [0.1, 0.15) is 0 Å². The topological polar surface area (TPSA) is 72.3 Å². The third kappa shape index (κ3) is 6.04. The summed E-state index contributed by atoms with van der Waals surface area (Å²) in [7, 11) is 1.57. The van der Waals surface area contributed by atoms with Crippen LogP contribution in [0.1, 0.15) is 12.5 Å². The van der Waals surface area contributed by atoms with Crippen LogP contribution in [0, 0.1) is 0 Å². The zero-order valence-electron chi connectivity index (χ0n) is 16.9. The highest BCUT2D eigenvalue weighted by molar-refractivity contribution is 5.92. The third-order valence-corrected chi connectivity index (χ3v) is 4.09. The van der Waals surface area contributed by atoms with Gasteiger partial charge in [-0.15, -0.1) is 0 Å². The molecule has 6 heteroatoms. The Morgan fingerprint density at radius 1 is 0.933 bits per heavy atom. The Morgan fingerprint density at radius 2 is 1.63 bits per heavy atom. The molecule has 0 fully saturated rings. The third-order valence-electron chi connectivity index (χ3n) is 4.09. The van der Waals surface area contributed by atoms with Crippen molar-refractivity contribution in [3.05, 3.63) is 84.4 Å². The maximum absolute atomic E-state index is 12.2. The van der Waals surface area contributed by atoms with Crippen molar-refractivity contribution in [2.75, 3.05) is 19.0 Å². The van der Waals surface area contributed by atoms with Crippen molar-refractivity contribution in [2.24, 2.45) is 10.2 Å². The molecule has 0 bridgehead atoms. The second kappa shape index (κ2) is 10.6. The van der Waals surface area contributed by atoms with Gasteiger partial charge in [0.2, 0.25) is 0 Å². The van der Waals surface area contributed by atoms with E-state index in [2.05, 4.69) is 15.5 Å². The molecule has 0 atom stereocenters. The van der Waals surface area contributed by atoms with Crippen LogP contribution < -0.4 is 14.8 Å². The van der Waals surface area contributed by atoms with E-state index in [1.54, 1.807) is 37.4 Å². The minimum Gasteiger partial charge on any atom is -0.493 e. The quantitative estimate of drug-likeness (QED) is 0.459. The first kappa shape index (κ1) is 20.8.